The molecule has 0 aliphatic heterocycles. The highest BCUT2D eigenvalue weighted by molar-refractivity contribution is 5.84. The standard InChI is InChI=1S/C18H28N2O6/c1-7-25-17(23)15(19-13(5)21)9-11(3)12(4)10-16(20-14(6)22)18(24)26-8-2/h15-16H,3-4,7-10H2,1-2,5-6H3,(H,19,21)(H,20,22)/t15-,16-/m1/s1. The van der Waals surface area contributed by atoms with Crippen LogP contribution in [0.1, 0.15) is 40.5 Å². The van der Waals surface area contributed by atoms with Crippen molar-refractivity contribution in [2.45, 2.75) is 52.6 Å². The van der Waals surface area contributed by atoms with E-state index < -0.39 is 24.0 Å². The van der Waals surface area contributed by atoms with E-state index in [1.807, 2.05) is 0 Å². The summed E-state index contributed by atoms with van der Waals surface area (Å²) in [6.07, 6.45) is 0.153. The summed E-state index contributed by atoms with van der Waals surface area (Å²) < 4.78 is 9.87. The largest absolute Gasteiger partial charge is 0.464 e. The normalized spacial score (nSPS) is 12.3. The molecule has 0 bridgehead atoms. The van der Waals surface area contributed by atoms with Crippen LogP contribution in [0.5, 0.6) is 0 Å². The average molecular weight is 368 g/mol. The number of esters is 2. The summed E-state index contributed by atoms with van der Waals surface area (Å²) in [5.41, 5.74) is 0.910. The second kappa shape index (κ2) is 11.8. The number of rotatable bonds is 11. The van der Waals surface area contributed by atoms with Crippen LogP contribution in [0.3, 0.4) is 0 Å². The highest BCUT2D eigenvalue weighted by Crippen LogP contribution is 2.19. The summed E-state index contributed by atoms with van der Waals surface area (Å²) in [5.74, 6) is -1.94. The summed E-state index contributed by atoms with van der Waals surface area (Å²) >= 11 is 0. The van der Waals surface area contributed by atoms with Crippen molar-refractivity contribution in [3.8, 4) is 0 Å². The number of hydrogen-bond acceptors (Lipinski definition) is 6. The molecule has 0 heterocycles. The van der Waals surface area contributed by atoms with Crippen molar-refractivity contribution in [3.05, 3.63) is 24.3 Å². The lowest BCUT2D eigenvalue weighted by molar-refractivity contribution is -0.147. The lowest BCUT2D eigenvalue weighted by Crippen LogP contribution is -2.42. The molecule has 8 heteroatoms. The van der Waals surface area contributed by atoms with Gasteiger partial charge in [-0.15, -0.1) is 0 Å². The molecule has 2 atom stereocenters. The van der Waals surface area contributed by atoms with Crippen LogP contribution < -0.4 is 10.6 Å². The van der Waals surface area contributed by atoms with E-state index in [1.54, 1.807) is 13.8 Å². The molecule has 26 heavy (non-hydrogen) atoms. The Bertz CT molecular complexity index is 520. The van der Waals surface area contributed by atoms with Crippen molar-refractivity contribution in [1.82, 2.24) is 10.6 Å². The first-order chi connectivity index (χ1) is 12.1. The zero-order valence-corrected chi connectivity index (χ0v) is 15.8. The SMILES string of the molecule is C=C(C[C@@H](NC(C)=O)C(=O)OCC)C(=C)C[C@@H](NC(C)=O)C(=O)OCC. The molecular formula is C18H28N2O6. The molecule has 0 aromatic heterocycles. The number of hydrogen-bond donors (Lipinski definition) is 2. The maximum Gasteiger partial charge on any atom is 0.328 e. The molecule has 0 saturated carbocycles. The quantitative estimate of drug-likeness (QED) is 0.416. The van der Waals surface area contributed by atoms with Crippen molar-refractivity contribution >= 4 is 23.8 Å². The Morgan fingerprint density at radius 1 is 0.769 bits per heavy atom. The van der Waals surface area contributed by atoms with E-state index in [2.05, 4.69) is 23.8 Å². The second-order valence-electron chi connectivity index (χ2n) is 5.63. The fourth-order valence-corrected chi connectivity index (χ4v) is 2.14. The Balaban J connectivity index is 5.04. The van der Waals surface area contributed by atoms with Gasteiger partial charge in [-0.25, -0.2) is 9.59 Å². The van der Waals surface area contributed by atoms with Gasteiger partial charge in [0.2, 0.25) is 11.8 Å². The maximum absolute atomic E-state index is 12.0. The minimum absolute atomic E-state index is 0.0763. The van der Waals surface area contributed by atoms with Crippen LogP contribution in [0, 0.1) is 0 Å². The van der Waals surface area contributed by atoms with Gasteiger partial charge in [0.1, 0.15) is 12.1 Å². The van der Waals surface area contributed by atoms with Gasteiger partial charge in [0.25, 0.3) is 0 Å². The number of carbonyl (C=O) groups excluding carboxylic acids is 4. The van der Waals surface area contributed by atoms with Crippen molar-refractivity contribution in [1.29, 1.82) is 0 Å². The van der Waals surface area contributed by atoms with Crippen LogP contribution in [0.25, 0.3) is 0 Å². The van der Waals surface area contributed by atoms with Crippen molar-refractivity contribution in [2.75, 3.05) is 13.2 Å². The van der Waals surface area contributed by atoms with Gasteiger partial charge in [0, 0.05) is 26.7 Å². The van der Waals surface area contributed by atoms with Gasteiger partial charge in [-0.1, -0.05) is 13.2 Å². The van der Waals surface area contributed by atoms with E-state index in [0.717, 1.165) is 0 Å². The second-order valence-corrected chi connectivity index (χ2v) is 5.63. The average Bonchev–Trinajstić information content (AvgIpc) is 2.52. The van der Waals surface area contributed by atoms with Crippen molar-refractivity contribution in [3.63, 3.8) is 0 Å². The van der Waals surface area contributed by atoms with Crippen LogP contribution in [0.2, 0.25) is 0 Å². The highest BCUT2D eigenvalue weighted by atomic mass is 16.5. The molecule has 0 aliphatic carbocycles. The monoisotopic (exact) mass is 368 g/mol. The predicted octanol–water partition coefficient (Wildman–Crippen LogP) is 1.01. The van der Waals surface area contributed by atoms with Gasteiger partial charge < -0.3 is 20.1 Å². The summed E-state index contributed by atoms with van der Waals surface area (Å²) in [6, 6.07) is -1.81. The zero-order chi connectivity index (χ0) is 20.3. The molecule has 0 rings (SSSR count). The number of ether oxygens (including phenoxy) is 2. The summed E-state index contributed by atoms with van der Waals surface area (Å²) in [7, 11) is 0. The molecule has 0 radical (unpaired) electrons. The molecule has 0 spiro atoms. The van der Waals surface area contributed by atoms with E-state index in [0.29, 0.717) is 11.1 Å². The van der Waals surface area contributed by atoms with Gasteiger partial charge >= 0.3 is 11.9 Å². The number of carbonyl (C=O) groups is 4. The zero-order valence-electron chi connectivity index (χ0n) is 15.8. The van der Waals surface area contributed by atoms with Crippen LogP contribution in [0.4, 0.5) is 0 Å². The van der Waals surface area contributed by atoms with Crippen molar-refractivity contribution < 1.29 is 28.7 Å². The topological polar surface area (TPSA) is 111 Å². The van der Waals surface area contributed by atoms with E-state index in [1.165, 1.54) is 13.8 Å². The molecule has 0 aromatic carbocycles. The lowest BCUT2D eigenvalue weighted by atomic mass is 9.95. The summed E-state index contributed by atoms with van der Waals surface area (Å²) in [4.78, 5) is 46.5. The molecule has 2 N–H and O–H groups in total. The Labute approximate surface area is 154 Å². The van der Waals surface area contributed by atoms with E-state index in [9.17, 15) is 19.2 Å². The van der Waals surface area contributed by atoms with Crippen LogP contribution in [-0.4, -0.2) is 49.1 Å². The minimum atomic E-state index is -0.904. The van der Waals surface area contributed by atoms with E-state index in [-0.39, 0.29) is 37.9 Å². The fraction of sp³-hybridized carbons (Fsp3) is 0.556. The number of amides is 2. The van der Waals surface area contributed by atoms with Crippen LogP contribution in [-0.2, 0) is 28.7 Å². The maximum atomic E-state index is 12.0. The minimum Gasteiger partial charge on any atom is -0.464 e. The molecule has 0 unspecified atom stereocenters. The van der Waals surface area contributed by atoms with Gasteiger partial charge in [-0.2, -0.15) is 0 Å². The van der Waals surface area contributed by atoms with Crippen molar-refractivity contribution in [2.24, 2.45) is 0 Å². The van der Waals surface area contributed by atoms with Crippen LogP contribution >= 0.6 is 0 Å². The van der Waals surface area contributed by atoms with E-state index >= 15 is 0 Å². The van der Waals surface area contributed by atoms with Gasteiger partial charge in [-0.05, 0) is 25.0 Å². The number of nitrogens with one attached hydrogen (secondary N) is 2. The molecule has 2 amide bonds. The fourth-order valence-electron chi connectivity index (χ4n) is 2.14. The highest BCUT2D eigenvalue weighted by Gasteiger charge is 2.26. The summed E-state index contributed by atoms with van der Waals surface area (Å²) in [6.45, 7) is 14.0. The predicted molar refractivity (Wildman–Crippen MR) is 96.0 cm³/mol. The third-order valence-electron chi connectivity index (χ3n) is 3.30. The van der Waals surface area contributed by atoms with Crippen LogP contribution in [0.15, 0.2) is 24.3 Å². The Kier molecular flexibility index (Phi) is 10.6. The molecule has 8 nitrogen and oxygen atoms in total. The van der Waals surface area contributed by atoms with Gasteiger partial charge in [-0.3, -0.25) is 9.59 Å². The summed E-state index contributed by atoms with van der Waals surface area (Å²) in [5, 5.41) is 5.00. The molecular weight excluding hydrogens is 340 g/mol. The lowest BCUT2D eigenvalue weighted by Gasteiger charge is -2.21. The molecule has 0 saturated heterocycles. The Hall–Kier alpha value is -2.64. The molecule has 0 aliphatic rings. The Morgan fingerprint density at radius 3 is 1.31 bits per heavy atom. The molecule has 0 aromatic rings. The first kappa shape index (κ1) is 23.4. The van der Waals surface area contributed by atoms with Gasteiger partial charge in [0.05, 0.1) is 13.2 Å². The molecule has 146 valence electrons. The first-order valence-corrected chi connectivity index (χ1v) is 8.35. The first-order valence-electron chi connectivity index (χ1n) is 8.35. The smallest absolute Gasteiger partial charge is 0.328 e. The van der Waals surface area contributed by atoms with E-state index in [4.69, 9.17) is 9.47 Å². The third-order valence-corrected chi connectivity index (χ3v) is 3.30. The molecule has 0 fully saturated rings. The van der Waals surface area contributed by atoms with Gasteiger partial charge in [0.15, 0.2) is 0 Å². The third kappa shape index (κ3) is 9.00. The Morgan fingerprint density at radius 2 is 1.08 bits per heavy atom.